The number of sulfone groups is 1. The fraction of sp³-hybridized carbons (Fsp3) is 0.316. The Kier molecular flexibility index (Phi) is 4.94. The summed E-state index contributed by atoms with van der Waals surface area (Å²) >= 11 is 7.69. The first-order chi connectivity index (χ1) is 12.8. The molecule has 8 heteroatoms. The second-order valence-corrected chi connectivity index (χ2v) is 10.6. The third-order valence-electron chi connectivity index (χ3n) is 4.73. The van der Waals surface area contributed by atoms with Gasteiger partial charge in [-0.05, 0) is 36.8 Å². The zero-order valence-corrected chi connectivity index (χ0v) is 17.0. The molecule has 2 aliphatic heterocycles. The number of halogens is 2. The maximum absolute atomic E-state index is 14.4. The maximum Gasteiger partial charge on any atom is 0.164 e. The number of anilines is 1. The van der Waals surface area contributed by atoms with Crippen molar-refractivity contribution in [2.45, 2.75) is 24.8 Å². The molecule has 0 N–H and O–H groups in total. The predicted molar refractivity (Wildman–Crippen MR) is 110 cm³/mol. The van der Waals surface area contributed by atoms with Crippen LogP contribution in [-0.4, -0.2) is 36.4 Å². The predicted octanol–water partition coefficient (Wildman–Crippen LogP) is 4.06. The number of hydrogen-bond donors (Lipinski definition) is 0. The summed E-state index contributed by atoms with van der Waals surface area (Å²) in [7, 11) is -3.03. The minimum absolute atomic E-state index is 0.0756. The second kappa shape index (κ2) is 7.11. The van der Waals surface area contributed by atoms with Gasteiger partial charge in [0.15, 0.2) is 15.0 Å². The van der Waals surface area contributed by atoms with Gasteiger partial charge >= 0.3 is 0 Å². The van der Waals surface area contributed by atoms with E-state index in [-0.39, 0.29) is 35.2 Å². The van der Waals surface area contributed by atoms with E-state index in [2.05, 4.69) is 4.99 Å². The van der Waals surface area contributed by atoms with Crippen LogP contribution in [0.5, 0.6) is 0 Å². The minimum Gasteiger partial charge on any atom is -0.317 e. The van der Waals surface area contributed by atoms with Crippen molar-refractivity contribution in [1.29, 1.82) is 0 Å². The Morgan fingerprint density at radius 2 is 2.04 bits per heavy atom. The molecule has 0 amide bonds. The van der Waals surface area contributed by atoms with Gasteiger partial charge in [0, 0.05) is 21.5 Å². The van der Waals surface area contributed by atoms with E-state index in [9.17, 15) is 12.8 Å². The number of amidine groups is 1. The molecule has 27 heavy (non-hydrogen) atoms. The average molecular weight is 425 g/mol. The molecule has 142 valence electrons. The first-order valence-corrected chi connectivity index (χ1v) is 11.6. The molecule has 0 unspecified atom stereocenters. The second-order valence-electron chi connectivity index (χ2n) is 6.84. The summed E-state index contributed by atoms with van der Waals surface area (Å²) in [5, 5.41) is 0.997. The molecular formula is C19H18ClFN2O2S2. The van der Waals surface area contributed by atoms with Gasteiger partial charge in [0.05, 0.1) is 24.1 Å². The molecule has 2 aromatic carbocycles. The summed E-state index contributed by atoms with van der Waals surface area (Å²) in [6, 6.07) is 12.3. The summed E-state index contributed by atoms with van der Waals surface area (Å²) in [5.41, 5.74) is 2.35. The molecular weight excluding hydrogens is 407 g/mol. The van der Waals surface area contributed by atoms with Crippen molar-refractivity contribution in [1.82, 2.24) is 0 Å². The van der Waals surface area contributed by atoms with Gasteiger partial charge in [-0.3, -0.25) is 4.99 Å². The van der Waals surface area contributed by atoms with Crippen molar-refractivity contribution in [3.05, 3.63) is 64.4 Å². The van der Waals surface area contributed by atoms with Crippen LogP contribution in [-0.2, 0) is 16.4 Å². The van der Waals surface area contributed by atoms with Gasteiger partial charge in [0.1, 0.15) is 5.82 Å². The van der Waals surface area contributed by atoms with Crippen LogP contribution < -0.4 is 4.90 Å². The molecule has 2 atom stereocenters. The van der Waals surface area contributed by atoms with E-state index in [1.165, 1.54) is 17.8 Å². The van der Waals surface area contributed by atoms with Crippen LogP contribution in [0.15, 0.2) is 47.5 Å². The lowest BCUT2D eigenvalue weighted by Crippen LogP contribution is -2.28. The summed E-state index contributed by atoms with van der Waals surface area (Å²) in [4.78, 5) is 6.59. The van der Waals surface area contributed by atoms with E-state index in [0.717, 1.165) is 11.3 Å². The quantitative estimate of drug-likeness (QED) is 0.745. The Balaban J connectivity index is 1.72. The van der Waals surface area contributed by atoms with Crippen LogP contribution in [0, 0.1) is 12.7 Å². The SMILES string of the molecule is Cc1cccc(N(Cc2c(F)cccc2Cl)C2=N[C@H]3CS(=O)(=O)C[C@H]3S2)c1. The molecule has 4 rings (SSSR count). The first-order valence-electron chi connectivity index (χ1n) is 8.54. The number of fused-ring (bicyclic) bond motifs is 1. The van der Waals surface area contributed by atoms with Crippen LogP contribution in [0.4, 0.5) is 10.1 Å². The fourth-order valence-electron chi connectivity index (χ4n) is 3.38. The third kappa shape index (κ3) is 3.86. The summed E-state index contributed by atoms with van der Waals surface area (Å²) in [6.45, 7) is 2.22. The summed E-state index contributed by atoms with van der Waals surface area (Å²) in [5.74, 6) is -0.153. The van der Waals surface area contributed by atoms with E-state index in [0.29, 0.717) is 15.8 Å². The van der Waals surface area contributed by atoms with Crippen molar-refractivity contribution < 1.29 is 12.8 Å². The van der Waals surface area contributed by atoms with Gasteiger partial charge < -0.3 is 4.90 Å². The molecule has 4 nitrogen and oxygen atoms in total. The Hall–Kier alpha value is -1.57. The van der Waals surface area contributed by atoms with E-state index in [1.54, 1.807) is 12.1 Å². The van der Waals surface area contributed by atoms with Gasteiger partial charge in [-0.1, -0.05) is 41.6 Å². The van der Waals surface area contributed by atoms with Crippen LogP contribution in [0.2, 0.25) is 5.02 Å². The third-order valence-corrected chi connectivity index (χ3v) is 8.33. The number of hydrogen-bond acceptors (Lipinski definition) is 5. The number of aliphatic imine (C=N–C) groups is 1. The Morgan fingerprint density at radius 3 is 2.74 bits per heavy atom. The monoisotopic (exact) mass is 424 g/mol. The zero-order chi connectivity index (χ0) is 19.2. The standard InChI is InChI=1S/C19H18ClFN2O2S2/c1-12-4-2-5-13(8-12)23(9-14-15(20)6-3-7-16(14)21)19-22-17-10-27(24,25)11-18(17)26-19/h2-8,17-18H,9-11H2,1H3/t17-,18+/m0/s1. The minimum atomic E-state index is -3.03. The molecule has 1 saturated heterocycles. The van der Waals surface area contributed by atoms with Gasteiger partial charge in [0.2, 0.25) is 0 Å². The Bertz CT molecular complexity index is 1010. The van der Waals surface area contributed by atoms with Gasteiger partial charge in [-0.25, -0.2) is 12.8 Å². The highest BCUT2D eigenvalue weighted by atomic mass is 35.5. The Labute approximate surface area is 167 Å². The van der Waals surface area contributed by atoms with E-state index in [4.69, 9.17) is 11.6 Å². The zero-order valence-electron chi connectivity index (χ0n) is 14.6. The van der Waals surface area contributed by atoms with Crippen molar-refractivity contribution in [3.63, 3.8) is 0 Å². The highest BCUT2D eigenvalue weighted by molar-refractivity contribution is 8.15. The van der Waals surface area contributed by atoms with Crippen LogP contribution in [0.25, 0.3) is 0 Å². The molecule has 2 heterocycles. The number of rotatable bonds is 3. The lowest BCUT2D eigenvalue weighted by molar-refractivity contribution is 0.601. The van der Waals surface area contributed by atoms with E-state index in [1.807, 2.05) is 36.1 Å². The molecule has 0 saturated carbocycles. The smallest absolute Gasteiger partial charge is 0.164 e. The molecule has 2 aromatic rings. The number of nitrogens with zero attached hydrogens (tertiary/aromatic N) is 2. The molecule has 0 aromatic heterocycles. The van der Waals surface area contributed by atoms with Gasteiger partial charge in [0.25, 0.3) is 0 Å². The van der Waals surface area contributed by atoms with Gasteiger partial charge in [-0.2, -0.15) is 0 Å². The van der Waals surface area contributed by atoms with Gasteiger partial charge in [-0.15, -0.1) is 0 Å². The van der Waals surface area contributed by atoms with E-state index < -0.39 is 9.84 Å². The number of thioether (sulfide) groups is 1. The number of aryl methyl sites for hydroxylation is 1. The average Bonchev–Trinajstić information content (AvgIpc) is 3.08. The lowest BCUT2D eigenvalue weighted by atomic mass is 10.1. The maximum atomic E-state index is 14.4. The van der Waals surface area contributed by atoms with Crippen molar-refractivity contribution in [3.8, 4) is 0 Å². The topological polar surface area (TPSA) is 49.7 Å². The lowest BCUT2D eigenvalue weighted by Gasteiger charge is -2.25. The van der Waals surface area contributed by atoms with Crippen LogP contribution >= 0.6 is 23.4 Å². The highest BCUT2D eigenvalue weighted by Gasteiger charge is 2.44. The first kappa shape index (κ1) is 18.8. The summed E-state index contributed by atoms with van der Waals surface area (Å²) < 4.78 is 38.1. The Morgan fingerprint density at radius 1 is 1.26 bits per heavy atom. The molecule has 0 bridgehead atoms. The van der Waals surface area contributed by atoms with Crippen LogP contribution in [0.3, 0.4) is 0 Å². The molecule has 1 fully saturated rings. The highest BCUT2D eigenvalue weighted by Crippen LogP contribution is 2.38. The molecule has 2 aliphatic rings. The molecule has 0 aliphatic carbocycles. The van der Waals surface area contributed by atoms with Crippen molar-refractivity contribution >= 4 is 44.1 Å². The fourth-order valence-corrected chi connectivity index (χ4v) is 7.38. The number of benzene rings is 2. The van der Waals surface area contributed by atoms with Crippen molar-refractivity contribution in [2.75, 3.05) is 16.4 Å². The van der Waals surface area contributed by atoms with Crippen molar-refractivity contribution in [2.24, 2.45) is 4.99 Å². The molecule has 0 spiro atoms. The summed E-state index contributed by atoms with van der Waals surface area (Å²) in [6.07, 6.45) is 0. The molecule has 0 radical (unpaired) electrons. The van der Waals surface area contributed by atoms with Crippen LogP contribution in [0.1, 0.15) is 11.1 Å². The van der Waals surface area contributed by atoms with E-state index >= 15 is 0 Å². The normalized spacial score (nSPS) is 23.1. The largest absolute Gasteiger partial charge is 0.317 e.